The first-order chi connectivity index (χ1) is 30.6. The lowest BCUT2D eigenvalue weighted by molar-refractivity contribution is -0.150. The van der Waals surface area contributed by atoms with Gasteiger partial charge in [-0.2, -0.15) is 0 Å². The maximum atomic E-state index is 13.2. The van der Waals surface area contributed by atoms with E-state index in [-0.39, 0.29) is 74.6 Å². The van der Waals surface area contributed by atoms with E-state index in [1.165, 1.54) is 27.6 Å². The minimum atomic E-state index is -0.498. The van der Waals surface area contributed by atoms with Gasteiger partial charge in [0.25, 0.3) is 11.8 Å². The third-order valence-electron chi connectivity index (χ3n) is 10.6. The lowest BCUT2D eigenvalue weighted by Crippen LogP contribution is -2.40. The molecule has 6 aromatic rings. The van der Waals surface area contributed by atoms with Gasteiger partial charge in [0, 0.05) is 60.0 Å². The fourth-order valence-corrected chi connectivity index (χ4v) is 9.10. The zero-order chi connectivity index (χ0) is 44.6. The van der Waals surface area contributed by atoms with Gasteiger partial charge in [0.15, 0.2) is 24.1 Å². The molecule has 63 heavy (non-hydrogen) atoms. The Morgan fingerprint density at radius 1 is 0.508 bits per heavy atom. The van der Waals surface area contributed by atoms with Crippen LogP contribution in [-0.2, 0) is 28.7 Å². The van der Waals surface area contributed by atoms with Gasteiger partial charge < -0.3 is 28.7 Å². The average Bonchev–Trinajstić information content (AvgIpc) is 3.30. The highest BCUT2D eigenvalue weighted by Crippen LogP contribution is 2.29. The normalized spacial score (nSPS) is 11.2. The van der Waals surface area contributed by atoms with Crippen LogP contribution in [0.4, 0.5) is 0 Å². The number of unbranched alkanes of at least 4 members (excludes halogenated alkanes) is 5. The number of esters is 2. The number of nitrogens with zero attached hydrogens (tertiary/aromatic N) is 2. The van der Waals surface area contributed by atoms with Crippen LogP contribution in [0.15, 0.2) is 94.5 Å². The highest BCUT2D eigenvalue weighted by atomic mass is 32.1. The summed E-state index contributed by atoms with van der Waals surface area (Å²) >= 11 is 3.05. The lowest BCUT2D eigenvalue weighted by atomic mass is 10.2. The van der Waals surface area contributed by atoms with Gasteiger partial charge in [0.1, 0.15) is 18.0 Å². The molecule has 0 N–H and O–H groups in total. The number of rotatable bonds is 24. The second-order valence-corrected chi connectivity index (χ2v) is 17.4. The summed E-state index contributed by atoms with van der Waals surface area (Å²) in [7, 11) is 0. The average molecular weight is 895 g/mol. The third-order valence-corrected chi connectivity index (χ3v) is 12.9. The monoisotopic (exact) mass is 894 g/mol. The van der Waals surface area contributed by atoms with Gasteiger partial charge in [-0.25, -0.2) is 0 Å². The number of carbonyl (C=O) groups is 4. The summed E-state index contributed by atoms with van der Waals surface area (Å²) in [6.45, 7) is 4.90. The first-order valence-corrected chi connectivity index (χ1v) is 23.3. The first kappa shape index (κ1) is 46.6. The van der Waals surface area contributed by atoms with Crippen molar-refractivity contribution >= 4 is 86.8 Å². The van der Waals surface area contributed by atoms with Gasteiger partial charge in [-0.1, -0.05) is 51.0 Å². The fourth-order valence-electron chi connectivity index (χ4n) is 7.00. The zero-order valence-electron chi connectivity index (χ0n) is 35.9. The lowest BCUT2D eigenvalue weighted by Gasteiger charge is -2.22. The molecule has 2 heterocycles. The van der Waals surface area contributed by atoms with Gasteiger partial charge >= 0.3 is 11.9 Å². The molecular formula is C49H54N2O10S2. The molecule has 0 radical (unpaired) electrons. The van der Waals surface area contributed by atoms with Gasteiger partial charge in [-0.05, 0) is 99.2 Å². The molecule has 2 amide bonds. The predicted octanol–water partition coefficient (Wildman–Crippen LogP) is 8.89. The van der Waals surface area contributed by atoms with Gasteiger partial charge in [0.2, 0.25) is 0 Å². The molecule has 0 unspecified atom stereocenters. The summed E-state index contributed by atoms with van der Waals surface area (Å²) in [4.78, 5) is 80.8. The molecule has 4 aromatic carbocycles. The van der Waals surface area contributed by atoms with Crippen molar-refractivity contribution in [3.63, 3.8) is 0 Å². The highest BCUT2D eigenvalue weighted by molar-refractivity contribution is 7.24. The molecule has 0 fully saturated rings. The van der Waals surface area contributed by atoms with E-state index in [1.54, 1.807) is 35.2 Å². The summed E-state index contributed by atoms with van der Waals surface area (Å²) < 4.78 is 26.0. The van der Waals surface area contributed by atoms with Crippen LogP contribution in [0.2, 0.25) is 0 Å². The van der Waals surface area contributed by atoms with Crippen LogP contribution in [0, 0.1) is 0 Å². The van der Waals surface area contributed by atoms with Crippen LogP contribution in [0.25, 0.3) is 40.3 Å². The largest absolute Gasteiger partial charge is 0.484 e. The topological polar surface area (TPSA) is 146 Å². The summed E-state index contributed by atoms with van der Waals surface area (Å²) in [5.41, 5.74) is -0.160. The molecular weight excluding hydrogens is 841 g/mol. The van der Waals surface area contributed by atoms with E-state index < -0.39 is 5.97 Å². The quantitative estimate of drug-likeness (QED) is 0.0328. The van der Waals surface area contributed by atoms with Crippen LogP contribution >= 0.6 is 22.7 Å². The molecule has 0 atom stereocenters. The Kier molecular flexibility index (Phi) is 17.4. The fraction of sp³-hybridized carbons (Fsp3) is 0.388. The molecule has 2 aromatic heterocycles. The summed E-state index contributed by atoms with van der Waals surface area (Å²) in [5, 5.41) is 2.37. The number of amides is 2. The molecule has 0 aliphatic rings. The molecule has 0 bridgehead atoms. The van der Waals surface area contributed by atoms with E-state index in [9.17, 15) is 28.8 Å². The highest BCUT2D eigenvalue weighted by Gasteiger charge is 2.20. The minimum Gasteiger partial charge on any atom is -0.484 e. The SMILES string of the molecule is CCCCN(CCC(=O)OCCCCCCOC(=O)CN(CCCC)C(=O)COc1ccc2sc3ccccc3c(=O)c2c1)C(=O)COc1ccc2sc3ccccc3c(=O)c2c1. The molecule has 332 valence electrons. The molecule has 0 aliphatic heterocycles. The molecule has 0 aliphatic carbocycles. The van der Waals surface area contributed by atoms with E-state index in [1.807, 2.05) is 68.4 Å². The van der Waals surface area contributed by atoms with E-state index in [4.69, 9.17) is 18.9 Å². The summed E-state index contributed by atoms with van der Waals surface area (Å²) in [5.74, 6) is -0.647. The van der Waals surface area contributed by atoms with Crippen molar-refractivity contribution in [2.24, 2.45) is 0 Å². The standard InChI is InChI=1S/C49H54N2O10S2/c1-3-5-24-50(44(52)32-60-34-19-21-42-38(29-34)48(56)36-15-9-11-17-40(36)62-42)26-23-46(54)58-27-13-7-8-14-28-59-47(55)31-51(25-6-4-2)45(53)33-61-35-20-22-43-39(30-35)49(57)37-16-10-12-18-41(37)63-43/h9-12,15-22,29-30H,3-8,13-14,23-28,31-33H2,1-2H3. The first-order valence-electron chi connectivity index (χ1n) is 21.7. The van der Waals surface area contributed by atoms with Crippen LogP contribution in [0.3, 0.4) is 0 Å². The number of carbonyl (C=O) groups excluding carboxylic acids is 4. The molecule has 0 spiro atoms. The Morgan fingerprint density at radius 2 is 0.968 bits per heavy atom. The summed E-state index contributed by atoms with van der Waals surface area (Å²) in [6.07, 6.45) is 6.06. The Hall–Kier alpha value is -5.86. The second-order valence-electron chi connectivity index (χ2n) is 15.3. The number of fused-ring (bicyclic) bond motifs is 4. The molecule has 0 saturated heterocycles. The smallest absolute Gasteiger partial charge is 0.325 e. The maximum Gasteiger partial charge on any atom is 0.325 e. The molecule has 14 heteroatoms. The maximum absolute atomic E-state index is 13.2. The third kappa shape index (κ3) is 13.1. The number of ether oxygens (including phenoxy) is 4. The van der Waals surface area contributed by atoms with Crippen molar-refractivity contribution in [2.45, 2.75) is 71.6 Å². The van der Waals surface area contributed by atoms with Crippen LogP contribution in [0.5, 0.6) is 11.5 Å². The van der Waals surface area contributed by atoms with Crippen molar-refractivity contribution < 1.29 is 38.1 Å². The van der Waals surface area contributed by atoms with Gasteiger partial charge in [0.05, 0.1) is 19.6 Å². The molecule has 6 rings (SSSR count). The van der Waals surface area contributed by atoms with Crippen LogP contribution in [-0.4, -0.2) is 86.2 Å². The van der Waals surface area contributed by atoms with Crippen molar-refractivity contribution in [3.8, 4) is 11.5 Å². The van der Waals surface area contributed by atoms with Crippen LogP contribution in [0.1, 0.15) is 71.6 Å². The Bertz CT molecular complexity index is 2660. The number of benzene rings is 4. The van der Waals surface area contributed by atoms with E-state index in [0.29, 0.717) is 59.0 Å². The summed E-state index contributed by atoms with van der Waals surface area (Å²) in [6, 6.07) is 25.4. The Labute approximate surface area is 374 Å². The van der Waals surface area contributed by atoms with E-state index in [0.717, 1.165) is 57.3 Å². The number of hydrogen-bond acceptors (Lipinski definition) is 12. The second kappa shape index (κ2) is 23.5. The Balaban J connectivity index is 0.854. The van der Waals surface area contributed by atoms with Crippen molar-refractivity contribution in [1.29, 1.82) is 0 Å². The van der Waals surface area contributed by atoms with Crippen molar-refractivity contribution in [2.75, 3.05) is 52.6 Å². The molecule has 12 nitrogen and oxygen atoms in total. The van der Waals surface area contributed by atoms with Crippen molar-refractivity contribution in [3.05, 3.63) is 105 Å². The Morgan fingerprint density at radius 3 is 1.49 bits per heavy atom. The predicted molar refractivity (Wildman–Crippen MR) is 250 cm³/mol. The van der Waals surface area contributed by atoms with E-state index >= 15 is 0 Å². The zero-order valence-corrected chi connectivity index (χ0v) is 37.5. The number of hydrogen-bond donors (Lipinski definition) is 0. The van der Waals surface area contributed by atoms with Gasteiger partial charge in [-0.3, -0.25) is 28.8 Å². The minimum absolute atomic E-state index is 0.0585. The molecule has 0 saturated carbocycles. The van der Waals surface area contributed by atoms with Crippen molar-refractivity contribution in [1.82, 2.24) is 9.80 Å². The van der Waals surface area contributed by atoms with E-state index in [2.05, 4.69) is 0 Å². The van der Waals surface area contributed by atoms with Gasteiger partial charge in [-0.15, -0.1) is 22.7 Å². The van der Waals surface area contributed by atoms with Crippen LogP contribution < -0.4 is 20.3 Å².